The monoisotopic (exact) mass is 381 g/mol. The predicted molar refractivity (Wildman–Crippen MR) is 116 cm³/mol. The van der Waals surface area contributed by atoms with Crippen LogP contribution in [-0.4, -0.2) is 19.2 Å². The van der Waals surface area contributed by atoms with E-state index in [4.69, 9.17) is 4.74 Å². The van der Waals surface area contributed by atoms with Crippen molar-refractivity contribution in [3.8, 4) is 23.0 Å². The molecule has 0 atom stereocenters. The quantitative estimate of drug-likeness (QED) is 0.634. The van der Waals surface area contributed by atoms with Crippen LogP contribution in [0.15, 0.2) is 66.7 Å². The third-order valence-corrected chi connectivity index (χ3v) is 5.36. The average Bonchev–Trinajstić information content (AvgIpc) is 3.05. The molecular weight excluding hydrogens is 358 g/mol. The minimum absolute atomic E-state index is 0.0638. The van der Waals surface area contributed by atoms with Crippen molar-refractivity contribution >= 4 is 6.09 Å². The number of amides is 1. The van der Waals surface area contributed by atoms with E-state index >= 15 is 0 Å². The SMILES string of the molecule is Cc1cccc(C)c1C#CCNC(=O)OCC1c2ccccc2-c2ccccc21. The summed E-state index contributed by atoms with van der Waals surface area (Å²) in [5, 5.41) is 2.73. The molecule has 0 heterocycles. The molecule has 29 heavy (non-hydrogen) atoms. The van der Waals surface area contributed by atoms with Crippen LogP contribution in [0.3, 0.4) is 0 Å². The summed E-state index contributed by atoms with van der Waals surface area (Å²) in [7, 11) is 0. The first-order valence-electron chi connectivity index (χ1n) is 9.79. The molecular formula is C26H23NO2. The molecule has 3 aromatic rings. The van der Waals surface area contributed by atoms with E-state index in [1.165, 1.54) is 22.3 Å². The summed E-state index contributed by atoms with van der Waals surface area (Å²) in [5.74, 6) is 6.21. The average molecular weight is 381 g/mol. The van der Waals surface area contributed by atoms with Gasteiger partial charge < -0.3 is 10.1 Å². The topological polar surface area (TPSA) is 38.3 Å². The molecule has 0 bridgehead atoms. The van der Waals surface area contributed by atoms with E-state index in [-0.39, 0.29) is 12.5 Å². The number of carbonyl (C=O) groups is 1. The lowest BCUT2D eigenvalue weighted by atomic mass is 9.98. The van der Waals surface area contributed by atoms with Gasteiger partial charge in [-0.05, 0) is 47.2 Å². The minimum atomic E-state index is -0.442. The predicted octanol–water partition coefficient (Wildman–Crippen LogP) is 5.19. The van der Waals surface area contributed by atoms with Gasteiger partial charge in [-0.1, -0.05) is 78.6 Å². The highest BCUT2D eigenvalue weighted by Gasteiger charge is 2.28. The van der Waals surface area contributed by atoms with Gasteiger partial charge in [0.05, 0.1) is 6.54 Å². The van der Waals surface area contributed by atoms with Crippen molar-refractivity contribution in [1.82, 2.24) is 5.32 Å². The Labute approximate surface area is 171 Å². The zero-order valence-corrected chi connectivity index (χ0v) is 16.7. The van der Waals surface area contributed by atoms with Gasteiger partial charge in [-0.25, -0.2) is 4.79 Å². The fourth-order valence-electron chi connectivity index (χ4n) is 3.91. The number of alkyl carbamates (subject to hydrolysis) is 1. The summed E-state index contributed by atoms with van der Waals surface area (Å²) in [5.41, 5.74) is 8.14. The molecule has 4 rings (SSSR count). The molecule has 1 aliphatic rings. The summed E-state index contributed by atoms with van der Waals surface area (Å²) < 4.78 is 5.52. The highest BCUT2D eigenvalue weighted by atomic mass is 16.5. The Hall–Kier alpha value is -3.51. The molecule has 0 aliphatic heterocycles. The summed E-state index contributed by atoms with van der Waals surface area (Å²) in [6.07, 6.45) is -0.442. The van der Waals surface area contributed by atoms with Gasteiger partial charge in [0.2, 0.25) is 0 Å². The molecule has 0 unspecified atom stereocenters. The maximum atomic E-state index is 12.2. The highest BCUT2D eigenvalue weighted by Crippen LogP contribution is 2.44. The number of hydrogen-bond donors (Lipinski definition) is 1. The lowest BCUT2D eigenvalue weighted by Crippen LogP contribution is -2.26. The second-order valence-corrected chi connectivity index (χ2v) is 7.25. The van der Waals surface area contributed by atoms with Crippen molar-refractivity contribution in [3.05, 3.63) is 94.5 Å². The lowest BCUT2D eigenvalue weighted by molar-refractivity contribution is 0.144. The molecule has 1 aliphatic carbocycles. The maximum Gasteiger partial charge on any atom is 0.407 e. The summed E-state index contributed by atoms with van der Waals surface area (Å²) in [4.78, 5) is 12.2. The van der Waals surface area contributed by atoms with E-state index in [1.54, 1.807) is 0 Å². The zero-order chi connectivity index (χ0) is 20.2. The van der Waals surface area contributed by atoms with Crippen molar-refractivity contribution in [2.45, 2.75) is 19.8 Å². The van der Waals surface area contributed by atoms with Crippen LogP contribution in [0.4, 0.5) is 4.79 Å². The lowest BCUT2D eigenvalue weighted by Gasteiger charge is -2.14. The van der Waals surface area contributed by atoms with Gasteiger partial charge in [-0.15, -0.1) is 0 Å². The number of benzene rings is 3. The van der Waals surface area contributed by atoms with Gasteiger partial charge in [0.25, 0.3) is 0 Å². The first kappa shape index (κ1) is 18.8. The molecule has 1 N–H and O–H groups in total. The van der Waals surface area contributed by atoms with Crippen molar-refractivity contribution in [3.63, 3.8) is 0 Å². The highest BCUT2D eigenvalue weighted by molar-refractivity contribution is 5.79. The number of aryl methyl sites for hydroxylation is 2. The van der Waals surface area contributed by atoms with Gasteiger partial charge in [-0.3, -0.25) is 0 Å². The minimum Gasteiger partial charge on any atom is -0.449 e. The Balaban J connectivity index is 1.37. The molecule has 0 spiro atoms. The number of fused-ring (bicyclic) bond motifs is 3. The van der Waals surface area contributed by atoms with Crippen molar-refractivity contribution in [1.29, 1.82) is 0 Å². The molecule has 0 radical (unpaired) electrons. The van der Waals surface area contributed by atoms with Crippen LogP contribution >= 0.6 is 0 Å². The molecule has 3 aromatic carbocycles. The third-order valence-electron chi connectivity index (χ3n) is 5.36. The van der Waals surface area contributed by atoms with E-state index in [0.29, 0.717) is 6.61 Å². The molecule has 0 aromatic heterocycles. The van der Waals surface area contributed by atoms with Gasteiger partial charge >= 0.3 is 6.09 Å². The molecule has 0 saturated heterocycles. The summed E-state index contributed by atoms with van der Waals surface area (Å²) in [6, 6.07) is 22.7. The van der Waals surface area contributed by atoms with Crippen LogP contribution in [0.2, 0.25) is 0 Å². The zero-order valence-electron chi connectivity index (χ0n) is 16.7. The van der Waals surface area contributed by atoms with Crippen LogP contribution < -0.4 is 5.32 Å². The Morgan fingerprint density at radius 2 is 1.48 bits per heavy atom. The largest absolute Gasteiger partial charge is 0.449 e. The summed E-state index contributed by atoms with van der Waals surface area (Å²) >= 11 is 0. The van der Waals surface area contributed by atoms with Gasteiger partial charge in [0, 0.05) is 11.5 Å². The Morgan fingerprint density at radius 3 is 2.10 bits per heavy atom. The first-order chi connectivity index (χ1) is 14.1. The van der Waals surface area contributed by atoms with Crippen LogP contribution in [0.1, 0.15) is 33.7 Å². The third kappa shape index (κ3) is 3.88. The Morgan fingerprint density at radius 1 is 0.897 bits per heavy atom. The van der Waals surface area contributed by atoms with Crippen LogP contribution in [-0.2, 0) is 4.74 Å². The second-order valence-electron chi connectivity index (χ2n) is 7.25. The standard InChI is InChI=1S/C26H23NO2/c1-18-9-7-10-19(2)20(18)15-8-16-27-26(28)29-17-25-23-13-5-3-11-21(23)22-12-4-6-14-24(22)25/h3-7,9-14,25H,16-17H2,1-2H3,(H,27,28). The van der Waals surface area contributed by atoms with E-state index in [1.807, 2.05) is 56.3 Å². The van der Waals surface area contributed by atoms with Crippen molar-refractivity contribution < 1.29 is 9.53 Å². The van der Waals surface area contributed by atoms with Gasteiger partial charge in [-0.2, -0.15) is 0 Å². The Bertz CT molecular complexity index is 1060. The van der Waals surface area contributed by atoms with E-state index in [9.17, 15) is 4.79 Å². The number of hydrogen-bond acceptors (Lipinski definition) is 2. The van der Waals surface area contributed by atoms with E-state index in [0.717, 1.165) is 16.7 Å². The molecule has 0 fully saturated rings. The van der Waals surface area contributed by atoms with Crippen LogP contribution in [0.25, 0.3) is 11.1 Å². The fourth-order valence-corrected chi connectivity index (χ4v) is 3.91. The molecule has 3 heteroatoms. The van der Waals surface area contributed by atoms with Gasteiger partial charge in [0.1, 0.15) is 6.61 Å². The van der Waals surface area contributed by atoms with Crippen molar-refractivity contribution in [2.75, 3.05) is 13.2 Å². The summed E-state index contributed by atoms with van der Waals surface area (Å²) in [6.45, 7) is 4.64. The van der Waals surface area contributed by atoms with E-state index in [2.05, 4.69) is 41.4 Å². The number of carbonyl (C=O) groups excluding carboxylic acids is 1. The fraction of sp³-hybridized carbons (Fsp3) is 0.192. The molecule has 1 amide bonds. The van der Waals surface area contributed by atoms with E-state index < -0.39 is 6.09 Å². The van der Waals surface area contributed by atoms with Crippen LogP contribution in [0, 0.1) is 25.7 Å². The number of rotatable bonds is 3. The maximum absolute atomic E-state index is 12.2. The molecule has 144 valence electrons. The van der Waals surface area contributed by atoms with Crippen LogP contribution in [0.5, 0.6) is 0 Å². The number of nitrogens with one attached hydrogen (secondary N) is 1. The number of ether oxygens (including phenoxy) is 1. The normalized spacial score (nSPS) is 11.8. The Kier molecular flexibility index (Phi) is 5.35. The molecule has 3 nitrogen and oxygen atoms in total. The smallest absolute Gasteiger partial charge is 0.407 e. The molecule has 0 saturated carbocycles. The second kappa shape index (κ2) is 8.24. The first-order valence-corrected chi connectivity index (χ1v) is 9.79. The van der Waals surface area contributed by atoms with Crippen molar-refractivity contribution in [2.24, 2.45) is 0 Å². The van der Waals surface area contributed by atoms with Gasteiger partial charge in [0.15, 0.2) is 0 Å².